The van der Waals surface area contributed by atoms with Crippen LogP contribution in [0.25, 0.3) is 0 Å². The molecule has 0 saturated heterocycles. The molecule has 5 heteroatoms. The van der Waals surface area contributed by atoms with Gasteiger partial charge in [-0.15, -0.1) is 6.58 Å². The molecule has 0 atom stereocenters. The fraction of sp³-hybridized carbons (Fsp3) is 0.100. The molecule has 1 heterocycles. The second-order valence-corrected chi connectivity index (χ2v) is 2.55. The minimum absolute atomic E-state index is 0.358. The number of aliphatic imine (C=N–C) groups is 1. The molecule has 0 spiro atoms. The summed E-state index contributed by atoms with van der Waals surface area (Å²) in [6.07, 6.45) is 5.08. The summed E-state index contributed by atoms with van der Waals surface area (Å²) in [5.74, 6) is 0.985. The van der Waals surface area contributed by atoms with Gasteiger partial charge in [-0.3, -0.25) is 5.32 Å². The van der Waals surface area contributed by atoms with E-state index in [4.69, 9.17) is 5.26 Å². The lowest BCUT2D eigenvalue weighted by Gasteiger charge is -2.05. The van der Waals surface area contributed by atoms with Crippen LogP contribution in [0.5, 0.6) is 0 Å². The first-order valence-corrected chi connectivity index (χ1v) is 4.35. The van der Waals surface area contributed by atoms with Gasteiger partial charge in [-0.2, -0.15) is 5.26 Å². The predicted octanol–water partition coefficient (Wildman–Crippen LogP) is 1.11. The molecule has 2 N–H and O–H groups in total. The zero-order valence-corrected chi connectivity index (χ0v) is 8.14. The summed E-state index contributed by atoms with van der Waals surface area (Å²) < 4.78 is 0. The zero-order chi connectivity index (χ0) is 10.9. The SMILES string of the molecule is C=CCN=C(NC#N)Nc1ccccn1. The number of guanidine groups is 1. The Bertz CT molecular complexity index is 377. The molecule has 0 unspecified atom stereocenters. The van der Waals surface area contributed by atoms with Crippen molar-refractivity contribution in [2.75, 3.05) is 11.9 Å². The van der Waals surface area contributed by atoms with E-state index in [1.807, 2.05) is 12.1 Å². The van der Waals surface area contributed by atoms with Crippen LogP contribution in [0.4, 0.5) is 5.82 Å². The molecule has 0 aliphatic heterocycles. The maximum Gasteiger partial charge on any atom is 0.210 e. The Morgan fingerprint density at radius 2 is 2.53 bits per heavy atom. The number of nitriles is 1. The minimum atomic E-state index is 0.358. The second-order valence-electron chi connectivity index (χ2n) is 2.55. The first-order chi connectivity index (χ1) is 7.36. The Kier molecular flexibility index (Phi) is 4.40. The predicted molar refractivity (Wildman–Crippen MR) is 59.1 cm³/mol. The smallest absolute Gasteiger partial charge is 0.210 e. The third-order valence-electron chi connectivity index (χ3n) is 1.46. The van der Waals surface area contributed by atoms with Gasteiger partial charge < -0.3 is 5.32 Å². The van der Waals surface area contributed by atoms with E-state index in [1.54, 1.807) is 24.5 Å². The van der Waals surface area contributed by atoms with E-state index in [-0.39, 0.29) is 0 Å². The summed E-state index contributed by atoms with van der Waals surface area (Å²) in [4.78, 5) is 8.08. The Morgan fingerprint density at radius 3 is 3.13 bits per heavy atom. The van der Waals surface area contributed by atoms with Crippen molar-refractivity contribution in [1.82, 2.24) is 10.3 Å². The monoisotopic (exact) mass is 201 g/mol. The third kappa shape index (κ3) is 3.91. The number of pyridine rings is 1. The molecular formula is C10H11N5. The second kappa shape index (κ2) is 6.16. The fourth-order valence-corrected chi connectivity index (χ4v) is 0.877. The highest BCUT2D eigenvalue weighted by molar-refractivity contribution is 5.93. The molecular weight excluding hydrogens is 190 g/mol. The summed E-state index contributed by atoms with van der Waals surface area (Å²) >= 11 is 0. The van der Waals surface area contributed by atoms with Crippen LogP contribution in [-0.4, -0.2) is 17.5 Å². The van der Waals surface area contributed by atoms with Gasteiger partial charge in [0.2, 0.25) is 5.96 Å². The summed E-state index contributed by atoms with van der Waals surface area (Å²) in [7, 11) is 0. The van der Waals surface area contributed by atoms with Gasteiger partial charge in [0.05, 0.1) is 6.54 Å². The molecule has 0 bridgehead atoms. The van der Waals surface area contributed by atoms with Crippen LogP contribution in [0.15, 0.2) is 42.0 Å². The average Bonchev–Trinajstić information content (AvgIpc) is 2.28. The van der Waals surface area contributed by atoms with Gasteiger partial charge in [0, 0.05) is 6.20 Å². The van der Waals surface area contributed by atoms with E-state index >= 15 is 0 Å². The zero-order valence-electron chi connectivity index (χ0n) is 8.14. The maximum atomic E-state index is 8.49. The lowest BCUT2D eigenvalue weighted by molar-refractivity contribution is 1.15. The molecule has 1 aromatic heterocycles. The Balaban J connectivity index is 2.67. The molecule has 15 heavy (non-hydrogen) atoms. The van der Waals surface area contributed by atoms with E-state index < -0.39 is 0 Å². The van der Waals surface area contributed by atoms with Gasteiger partial charge in [0.15, 0.2) is 6.19 Å². The number of aromatic nitrogens is 1. The Morgan fingerprint density at radius 1 is 1.67 bits per heavy atom. The number of hydrogen-bond donors (Lipinski definition) is 2. The van der Waals surface area contributed by atoms with Gasteiger partial charge in [-0.25, -0.2) is 9.98 Å². The van der Waals surface area contributed by atoms with E-state index in [1.165, 1.54) is 0 Å². The van der Waals surface area contributed by atoms with Crippen molar-refractivity contribution in [2.45, 2.75) is 0 Å². The molecule has 0 aromatic carbocycles. The van der Waals surface area contributed by atoms with E-state index in [9.17, 15) is 0 Å². The average molecular weight is 201 g/mol. The lowest BCUT2D eigenvalue weighted by Crippen LogP contribution is -2.27. The molecule has 0 aliphatic rings. The van der Waals surface area contributed by atoms with Crippen LogP contribution in [0, 0.1) is 11.5 Å². The van der Waals surface area contributed by atoms with Crippen molar-refractivity contribution in [2.24, 2.45) is 4.99 Å². The van der Waals surface area contributed by atoms with Crippen molar-refractivity contribution >= 4 is 11.8 Å². The first-order valence-electron chi connectivity index (χ1n) is 4.35. The highest BCUT2D eigenvalue weighted by Crippen LogP contribution is 1.98. The molecule has 1 aromatic rings. The molecule has 0 amide bonds. The molecule has 0 radical (unpaired) electrons. The Labute approximate surface area is 88.2 Å². The van der Waals surface area contributed by atoms with Gasteiger partial charge in [-0.1, -0.05) is 12.1 Å². The normalized spacial score (nSPS) is 10.2. The van der Waals surface area contributed by atoms with Crippen LogP contribution in [-0.2, 0) is 0 Å². The van der Waals surface area contributed by atoms with Crippen LogP contribution in [0.2, 0.25) is 0 Å². The summed E-state index contributed by atoms with van der Waals surface area (Å²) in [5, 5.41) is 13.8. The lowest BCUT2D eigenvalue weighted by atomic mass is 10.5. The minimum Gasteiger partial charge on any atom is -0.310 e. The van der Waals surface area contributed by atoms with E-state index in [0.717, 1.165) is 0 Å². The van der Waals surface area contributed by atoms with Crippen LogP contribution in [0.3, 0.4) is 0 Å². The molecule has 5 nitrogen and oxygen atoms in total. The van der Waals surface area contributed by atoms with Gasteiger partial charge in [0.1, 0.15) is 5.82 Å². The van der Waals surface area contributed by atoms with Crippen molar-refractivity contribution in [3.8, 4) is 6.19 Å². The first kappa shape index (κ1) is 10.7. The van der Waals surface area contributed by atoms with Crippen molar-refractivity contribution < 1.29 is 0 Å². The van der Waals surface area contributed by atoms with Crippen molar-refractivity contribution in [3.05, 3.63) is 37.1 Å². The van der Waals surface area contributed by atoms with E-state index in [2.05, 4.69) is 27.2 Å². The maximum absolute atomic E-state index is 8.49. The van der Waals surface area contributed by atoms with Gasteiger partial charge in [0.25, 0.3) is 0 Å². The van der Waals surface area contributed by atoms with Crippen LogP contribution >= 0.6 is 0 Å². The molecule has 0 saturated carbocycles. The third-order valence-corrected chi connectivity index (χ3v) is 1.46. The van der Waals surface area contributed by atoms with E-state index in [0.29, 0.717) is 18.3 Å². The number of anilines is 1. The highest BCUT2D eigenvalue weighted by atomic mass is 15.2. The molecule has 76 valence electrons. The topological polar surface area (TPSA) is 73.1 Å². The van der Waals surface area contributed by atoms with Gasteiger partial charge in [-0.05, 0) is 12.1 Å². The summed E-state index contributed by atoms with van der Waals surface area (Å²) in [6.45, 7) is 3.97. The Hall–Kier alpha value is -2.35. The largest absolute Gasteiger partial charge is 0.310 e. The standard InChI is InChI=1S/C10H11N5/c1-2-6-13-10(14-8-11)15-9-5-3-4-7-12-9/h2-5,7H,1,6H2,(H2,12,13,14,15). The number of hydrogen-bond acceptors (Lipinski definition) is 3. The fourth-order valence-electron chi connectivity index (χ4n) is 0.877. The molecule has 1 rings (SSSR count). The van der Waals surface area contributed by atoms with Crippen LogP contribution in [0.1, 0.15) is 0 Å². The number of nitrogens with zero attached hydrogens (tertiary/aromatic N) is 3. The molecule has 0 fully saturated rings. The summed E-state index contributed by atoms with van der Waals surface area (Å²) in [6, 6.07) is 5.43. The van der Waals surface area contributed by atoms with Crippen molar-refractivity contribution in [3.63, 3.8) is 0 Å². The number of rotatable bonds is 3. The molecule has 0 aliphatic carbocycles. The number of nitrogens with one attached hydrogen (secondary N) is 2. The van der Waals surface area contributed by atoms with Crippen LogP contribution < -0.4 is 10.6 Å². The quantitative estimate of drug-likeness (QED) is 0.252. The van der Waals surface area contributed by atoms with Gasteiger partial charge >= 0.3 is 0 Å². The summed E-state index contributed by atoms with van der Waals surface area (Å²) in [5.41, 5.74) is 0. The van der Waals surface area contributed by atoms with Crippen molar-refractivity contribution in [1.29, 1.82) is 5.26 Å². The highest BCUT2D eigenvalue weighted by Gasteiger charge is 1.97.